The number of amides is 1. The molecule has 0 aliphatic heterocycles. The number of allylic oxidation sites excluding steroid dienone is 2. The van der Waals surface area contributed by atoms with Crippen LogP contribution in [0.4, 0.5) is 0 Å². The highest BCUT2D eigenvalue weighted by Gasteiger charge is 2.46. The minimum atomic E-state index is -0.954. The maximum atomic E-state index is 12.6. The van der Waals surface area contributed by atoms with Crippen LogP contribution in [-0.2, 0) is 9.53 Å². The second-order valence-corrected chi connectivity index (χ2v) is 7.06. The Hall–Kier alpha value is -2.17. The van der Waals surface area contributed by atoms with Crippen molar-refractivity contribution >= 4 is 11.9 Å². The second kappa shape index (κ2) is 7.81. The average Bonchev–Trinajstić information content (AvgIpc) is 2.68. The van der Waals surface area contributed by atoms with Crippen LogP contribution in [-0.4, -0.2) is 29.5 Å². The van der Waals surface area contributed by atoms with Gasteiger partial charge in [0.05, 0.1) is 7.11 Å². The lowest BCUT2D eigenvalue weighted by Crippen LogP contribution is -2.57. The van der Waals surface area contributed by atoms with E-state index in [1.807, 2.05) is 0 Å². The molecule has 1 aromatic heterocycles. The number of aromatic nitrogens is 1. The summed E-state index contributed by atoms with van der Waals surface area (Å²) >= 11 is 0. The first kappa shape index (κ1) is 17.6. The molecule has 3 rings (SSSR count). The van der Waals surface area contributed by atoms with Crippen molar-refractivity contribution < 1.29 is 14.3 Å². The fourth-order valence-electron chi connectivity index (χ4n) is 4.15. The van der Waals surface area contributed by atoms with Gasteiger partial charge in [-0.1, -0.05) is 17.7 Å². The SMILES string of the molecule is COC(=O)[C@@]1(NC(=O)c2ccccn2)CCC[C@H](C2=CCCCC2)C1. The number of hydrogen-bond donors (Lipinski definition) is 1. The van der Waals surface area contributed by atoms with Crippen molar-refractivity contribution in [3.63, 3.8) is 0 Å². The number of carbonyl (C=O) groups excluding carboxylic acids is 2. The van der Waals surface area contributed by atoms with E-state index in [1.54, 1.807) is 24.4 Å². The molecule has 0 spiro atoms. The average molecular weight is 342 g/mol. The van der Waals surface area contributed by atoms with Crippen LogP contribution in [0.25, 0.3) is 0 Å². The van der Waals surface area contributed by atoms with E-state index in [2.05, 4.69) is 16.4 Å². The molecule has 5 heteroatoms. The highest BCUT2D eigenvalue weighted by atomic mass is 16.5. The Morgan fingerprint density at radius 1 is 1.28 bits per heavy atom. The normalized spacial score (nSPS) is 26.4. The van der Waals surface area contributed by atoms with Crippen molar-refractivity contribution in [2.24, 2.45) is 5.92 Å². The van der Waals surface area contributed by atoms with E-state index < -0.39 is 5.54 Å². The van der Waals surface area contributed by atoms with Crippen LogP contribution in [0.1, 0.15) is 61.9 Å². The molecule has 0 bridgehead atoms. The van der Waals surface area contributed by atoms with E-state index in [9.17, 15) is 9.59 Å². The zero-order valence-corrected chi connectivity index (χ0v) is 14.8. The van der Waals surface area contributed by atoms with E-state index in [4.69, 9.17) is 4.74 Å². The molecule has 1 heterocycles. The van der Waals surface area contributed by atoms with Crippen molar-refractivity contribution in [1.29, 1.82) is 0 Å². The molecule has 1 N–H and O–H groups in total. The third-order valence-electron chi connectivity index (χ3n) is 5.43. The Bertz CT molecular complexity index is 656. The van der Waals surface area contributed by atoms with Crippen LogP contribution in [0.5, 0.6) is 0 Å². The monoisotopic (exact) mass is 342 g/mol. The fraction of sp³-hybridized carbons (Fsp3) is 0.550. The van der Waals surface area contributed by atoms with Gasteiger partial charge < -0.3 is 10.1 Å². The number of pyridine rings is 1. The van der Waals surface area contributed by atoms with Crippen molar-refractivity contribution in [2.45, 2.75) is 56.9 Å². The summed E-state index contributed by atoms with van der Waals surface area (Å²) in [4.78, 5) is 29.3. The highest BCUT2D eigenvalue weighted by Crippen LogP contribution is 2.40. The van der Waals surface area contributed by atoms with E-state index in [-0.39, 0.29) is 11.9 Å². The minimum absolute atomic E-state index is 0.315. The van der Waals surface area contributed by atoms with Gasteiger partial charge in [-0.3, -0.25) is 9.78 Å². The number of esters is 1. The lowest BCUT2D eigenvalue weighted by molar-refractivity contribution is -0.150. The molecule has 1 amide bonds. The van der Waals surface area contributed by atoms with Gasteiger partial charge in [-0.15, -0.1) is 0 Å². The third kappa shape index (κ3) is 3.91. The molecule has 1 aromatic rings. The standard InChI is InChI=1S/C20H26N2O3/c1-25-19(24)20(22-18(23)17-11-5-6-13-21-17)12-7-10-16(14-20)15-8-3-2-4-9-15/h5-6,8,11,13,16H,2-4,7,9-10,12,14H2,1H3,(H,22,23)/t16-,20+/m0/s1. The lowest BCUT2D eigenvalue weighted by Gasteiger charge is -2.40. The van der Waals surface area contributed by atoms with Crippen molar-refractivity contribution in [2.75, 3.05) is 7.11 Å². The van der Waals surface area contributed by atoms with Gasteiger partial charge in [0.25, 0.3) is 5.91 Å². The van der Waals surface area contributed by atoms with Gasteiger partial charge in [0.1, 0.15) is 11.2 Å². The van der Waals surface area contributed by atoms with Gasteiger partial charge in [0.15, 0.2) is 0 Å². The zero-order chi connectivity index (χ0) is 17.7. The number of nitrogens with zero attached hydrogens (tertiary/aromatic N) is 1. The molecule has 2 atom stereocenters. The molecule has 2 aliphatic rings. The van der Waals surface area contributed by atoms with Crippen LogP contribution in [0.3, 0.4) is 0 Å². The molecule has 1 saturated carbocycles. The van der Waals surface area contributed by atoms with Gasteiger partial charge in [-0.2, -0.15) is 0 Å². The maximum Gasteiger partial charge on any atom is 0.331 e. The highest BCUT2D eigenvalue weighted by molar-refractivity contribution is 5.96. The second-order valence-electron chi connectivity index (χ2n) is 7.06. The summed E-state index contributed by atoms with van der Waals surface area (Å²) in [5, 5.41) is 2.97. The predicted molar refractivity (Wildman–Crippen MR) is 95.0 cm³/mol. The van der Waals surface area contributed by atoms with E-state index in [0.717, 1.165) is 25.7 Å². The summed E-state index contributed by atoms with van der Waals surface area (Å²) < 4.78 is 5.07. The molecule has 0 unspecified atom stereocenters. The first-order chi connectivity index (χ1) is 12.1. The Balaban J connectivity index is 1.81. The van der Waals surface area contributed by atoms with Crippen LogP contribution in [0.2, 0.25) is 0 Å². The summed E-state index contributed by atoms with van der Waals surface area (Å²) in [6.07, 6.45) is 11.8. The summed E-state index contributed by atoms with van der Waals surface area (Å²) in [6.45, 7) is 0. The summed E-state index contributed by atoms with van der Waals surface area (Å²) in [7, 11) is 1.39. The lowest BCUT2D eigenvalue weighted by atomic mass is 9.71. The van der Waals surface area contributed by atoms with Crippen LogP contribution in [0, 0.1) is 5.92 Å². The molecular formula is C20H26N2O3. The quantitative estimate of drug-likeness (QED) is 0.672. The van der Waals surface area contributed by atoms with E-state index in [1.165, 1.54) is 25.5 Å². The van der Waals surface area contributed by atoms with E-state index >= 15 is 0 Å². The number of methoxy groups -OCH3 is 1. The largest absolute Gasteiger partial charge is 0.467 e. The van der Waals surface area contributed by atoms with Gasteiger partial charge >= 0.3 is 5.97 Å². The van der Waals surface area contributed by atoms with Gasteiger partial charge in [0, 0.05) is 6.20 Å². The Kier molecular flexibility index (Phi) is 5.51. The molecule has 0 aromatic carbocycles. The predicted octanol–water partition coefficient (Wildman–Crippen LogP) is 3.41. The summed E-state index contributed by atoms with van der Waals surface area (Å²) in [5.41, 5.74) is 0.820. The number of ether oxygens (including phenoxy) is 1. The number of rotatable bonds is 4. The molecule has 134 valence electrons. The van der Waals surface area contributed by atoms with Crippen LogP contribution >= 0.6 is 0 Å². The van der Waals surface area contributed by atoms with Gasteiger partial charge in [-0.05, 0) is 69.4 Å². The Morgan fingerprint density at radius 3 is 2.84 bits per heavy atom. The zero-order valence-electron chi connectivity index (χ0n) is 14.8. The molecular weight excluding hydrogens is 316 g/mol. The third-order valence-corrected chi connectivity index (χ3v) is 5.43. The Labute approximate surface area is 148 Å². The number of nitrogens with one attached hydrogen (secondary N) is 1. The summed E-state index contributed by atoms with van der Waals surface area (Å²) in [5.74, 6) is -0.320. The smallest absolute Gasteiger partial charge is 0.331 e. The van der Waals surface area contributed by atoms with Crippen LogP contribution < -0.4 is 5.32 Å². The number of carbonyl (C=O) groups is 2. The topological polar surface area (TPSA) is 68.3 Å². The Morgan fingerprint density at radius 2 is 2.16 bits per heavy atom. The van der Waals surface area contributed by atoms with Crippen molar-refractivity contribution in [1.82, 2.24) is 10.3 Å². The maximum absolute atomic E-state index is 12.6. The summed E-state index contributed by atoms with van der Waals surface area (Å²) in [6, 6.07) is 5.19. The molecule has 5 nitrogen and oxygen atoms in total. The first-order valence-corrected chi connectivity index (χ1v) is 9.15. The molecule has 0 radical (unpaired) electrons. The molecule has 0 saturated heterocycles. The fourth-order valence-corrected chi connectivity index (χ4v) is 4.15. The molecule has 1 fully saturated rings. The van der Waals surface area contributed by atoms with Crippen molar-refractivity contribution in [3.05, 3.63) is 41.7 Å². The minimum Gasteiger partial charge on any atom is -0.467 e. The molecule has 25 heavy (non-hydrogen) atoms. The van der Waals surface area contributed by atoms with Gasteiger partial charge in [-0.25, -0.2) is 4.79 Å². The van der Waals surface area contributed by atoms with Crippen LogP contribution in [0.15, 0.2) is 36.0 Å². The van der Waals surface area contributed by atoms with Gasteiger partial charge in [0.2, 0.25) is 0 Å². The van der Waals surface area contributed by atoms with Crippen molar-refractivity contribution in [3.8, 4) is 0 Å². The molecule has 2 aliphatic carbocycles. The number of hydrogen-bond acceptors (Lipinski definition) is 4. The van der Waals surface area contributed by atoms with E-state index in [0.29, 0.717) is 24.5 Å². The first-order valence-electron chi connectivity index (χ1n) is 9.15.